The molecular weight excluding hydrogens is 366 g/mol. The van der Waals surface area contributed by atoms with Crippen molar-refractivity contribution >= 4 is 17.1 Å². The van der Waals surface area contributed by atoms with Crippen LogP contribution in [-0.4, -0.2) is 6.54 Å². The van der Waals surface area contributed by atoms with Gasteiger partial charge in [-0.3, -0.25) is 0 Å². The second kappa shape index (κ2) is 10.4. The van der Waals surface area contributed by atoms with E-state index >= 15 is 0 Å². The zero-order chi connectivity index (χ0) is 20.4. The van der Waals surface area contributed by atoms with Crippen molar-refractivity contribution in [3.05, 3.63) is 114 Å². The molecule has 3 nitrogen and oxygen atoms in total. The van der Waals surface area contributed by atoms with Gasteiger partial charge in [0.05, 0.1) is 0 Å². The fourth-order valence-electron chi connectivity index (χ4n) is 3.54. The number of hydrogen-bond donors (Lipinski definition) is 3. The SMILES string of the molecule is C1=CC(CNc2cc(NCc3ccccc3)cc(NCc3ccccc3)c2)=CCC1. The Morgan fingerprint density at radius 3 is 1.53 bits per heavy atom. The molecule has 0 bridgehead atoms. The molecule has 0 amide bonds. The Labute approximate surface area is 179 Å². The summed E-state index contributed by atoms with van der Waals surface area (Å²) >= 11 is 0. The molecule has 4 rings (SSSR count). The zero-order valence-corrected chi connectivity index (χ0v) is 17.3. The summed E-state index contributed by atoms with van der Waals surface area (Å²) in [5.41, 5.74) is 7.21. The van der Waals surface area contributed by atoms with Gasteiger partial charge in [0, 0.05) is 36.7 Å². The van der Waals surface area contributed by atoms with E-state index in [2.05, 4.69) is 101 Å². The van der Waals surface area contributed by atoms with E-state index in [1.54, 1.807) is 0 Å². The molecule has 3 N–H and O–H groups in total. The Hall–Kier alpha value is -3.46. The predicted octanol–water partition coefficient (Wildman–Crippen LogP) is 6.60. The van der Waals surface area contributed by atoms with Crippen LogP contribution in [0.5, 0.6) is 0 Å². The van der Waals surface area contributed by atoms with Crippen molar-refractivity contribution in [2.75, 3.05) is 22.5 Å². The molecule has 0 unspecified atom stereocenters. The van der Waals surface area contributed by atoms with Crippen molar-refractivity contribution in [2.24, 2.45) is 0 Å². The maximum absolute atomic E-state index is 3.59. The highest BCUT2D eigenvalue weighted by molar-refractivity contribution is 5.67. The van der Waals surface area contributed by atoms with Crippen molar-refractivity contribution in [3.8, 4) is 0 Å². The fourth-order valence-corrected chi connectivity index (χ4v) is 3.54. The van der Waals surface area contributed by atoms with Crippen LogP contribution in [0.2, 0.25) is 0 Å². The third kappa shape index (κ3) is 6.02. The van der Waals surface area contributed by atoms with Gasteiger partial charge in [0.25, 0.3) is 0 Å². The molecule has 3 heteroatoms. The van der Waals surface area contributed by atoms with E-state index in [0.29, 0.717) is 0 Å². The lowest BCUT2D eigenvalue weighted by Gasteiger charge is -2.16. The smallest absolute Gasteiger partial charge is 0.0400 e. The first-order valence-electron chi connectivity index (χ1n) is 10.7. The van der Waals surface area contributed by atoms with Gasteiger partial charge in [0.15, 0.2) is 0 Å². The summed E-state index contributed by atoms with van der Waals surface area (Å²) < 4.78 is 0. The molecule has 0 atom stereocenters. The van der Waals surface area contributed by atoms with E-state index < -0.39 is 0 Å². The monoisotopic (exact) mass is 395 g/mol. The van der Waals surface area contributed by atoms with Crippen LogP contribution in [0.1, 0.15) is 24.0 Å². The predicted molar refractivity (Wildman–Crippen MR) is 129 cm³/mol. The summed E-state index contributed by atoms with van der Waals surface area (Å²) in [5, 5.41) is 10.7. The number of allylic oxidation sites excluding steroid dienone is 2. The van der Waals surface area contributed by atoms with Crippen LogP contribution < -0.4 is 16.0 Å². The lowest BCUT2D eigenvalue weighted by Crippen LogP contribution is -2.07. The minimum absolute atomic E-state index is 0.802. The molecule has 3 aromatic rings. The van der Waals surface area contributed by atoms with Gasteiger partial charge in [-0.05, 0) is 47.7 Å². The summed E-state index contributed by atoms with van der Waals surface area (Å²) in [5.74, 6) is 0. The summed E-state index contributed by atoms with van der Waals surface area (Å²) in [6, 6.07) is 27.5. The molecule has 0 fully saturated rings. The molecule has 1 aliphatic rings. The van der Waals surface area contributed by atoms with Crippen molar-refractivity contribution < 1.29 is 0 Å². The zero-order valence-electron chi connectivity index (χ0n) is 17.3. The summed E-state index contributed by atoms with van der Waals surface area (Å²) in [4.78, 5) is 0. The maximum Gasteiger partial charge on any atom is 0.0400 e. The largest absolute Gasteiger partial charge is 0.381 e. The minimum Gasteiger partial charge on any atom is -0.381 e. The van der Waals surface area contributed by atoms with Crippen molar-refractivity contribution in [3.63, 3.8) is 0 Å². The van der Waals surface area contributed by atoms with E-state index in [9.17, 15) is 0 Å². The van der Waals surface area contributed by atoms with E-state index in [4.69, 9.17) is 0 Å². The van der Waals surface area contributed by atoms with Crippen LogP contribution in [0, 0.1) is 0 Å². The Balaban J connectivity index is 1.46. The van der Waals surface area contributed by atoms with Gasteiger partial charge in [-0.15, -0.1) is 0 Å². The molecule has 0 radical (unpaired) electrons. The van der Waals surface area contributed by atoms with Crippen LogP contribution in [0.4, 0.5) is 17.1 Å². The average Bonchev–Trinajstić information content (AvgIpc) is 2.82. The van der Waals surface area contributed by atoms with Gasteiger partial charge >= 0.3 is 0 Å². The molecule has 1 aliphatic carbocycles. The highest BCUT2D eigenvalue weighted by Gasteiger charge is 2.04. The van der Waals surface area contributed by atoms with Crippen LogP contribution in [-0.2, 0) is 13.1 Å². The molecule has 0 spiro atoms. The highest BCUT2D eigenvalue weighted by atomic mass is 14.9. The summed E-state index contributed by atoms with van der Waals surface area (Å²) in [6.07, 6.45) is 9.08. The van der Waals surface area contributed by atoms with Gasteiger partial charge in [0.2, 0.25) is 0 Å². The molecule has 0 heterocycles. The topological polar surface area (TPSA) is 36.1 Å². The lowest BCUT2D eigenvalue weighted by atomic mass is 10.1. The first-order chi connectivity index (χ1) is 14.8. The first kappa shape index (κ1) is 19.8. The minimum atomic E-state index is 0.802. The van der Waals surface area contributed by atoms with Crippen molar-refractivity contribution in [2.45, 2.75) is 25.9 Å². The van der Waals surface area contributed by atoms with Crippen LogP contribution in [0.25, 0.3) is 0 Å². The number of hydrogen-bond acceptors (Lipinski definition) is 3. The number of nitrogens with one attached hydrogen (secondary N) is 3. The first-order valence-corrected chi connectivity index (χ1v) is 10.7. The van der Waals surface area contributed by atoms with Crippen molar-refractivity contribution in [1.29, 1.82) is 0 Å². The Morgan fingerprint density at radius 2 is 1.07 bits per heavy atom. The molecule has 0 aromatic heterocycles. The number of rotatable bonds is 9. The Morgan fingerprint density at radius 1 is 0.567 bits per heavy atom. The van der Waals surface area contributed by atoms with E-state index in [-0.39, 0.29) is 0 Å². The second-order valence-electron chi connectivity index (χ2n) is 7.59. The Kier molecular flexibility index (Phi) is 6.85. The summed E-state index contributed by atoms with van der Waals surface area (Å²) in [7, 11) is 0. The third-order valence-corrected chi connectivity index (χ3v) is 5.18. The Bertz CT molecular complexity index is 929. The van der Waals surface area contributed by atoms with Gasteiger partial charge < -0.3 is 16.0 Å². The molecule has 3 aromatic carbocycles. The van der Waals surface area contributed by atoms with Crippen LogP contribution in [0.3, 0.4) is 0 Å². The molecule has 0 aliphatic heterocycles. The van der Waals surface area contributed by atoms with Crippen molar-refractivity contribution in [1.82, 2.24) is 0 Å². The van der Waals surface area contributed by atoms with Gasteiger partial charge in [-0.1, -0.05) is 78.9 Å². The van der Waals surface area contributed by atoms with Crippen LogP contribution >= 0.6 is 0 Å². The normalized spacial score (nSPS) is 12.9. The molecular formula is C27H29N3. The molecule has 0 saturated carbocycles. The average molecular weight is 396 g/mol. The fraction of sp³-hybridized carbons (Fsp3) is 0.185. The van der Waals surface area contributed by atoms with E-state index in [1.165, 1.54) is 16.7 Å². The lowest BCUT2D eigenvalue weighted by molar-refractivity contribution is 1.00. The maximum atomic E-state index is 3.59. The molecule has 30 heavy (non-hydrogen) atoms. The molecule has 152 valence electrons. The van der Waals surface area contributed by atoms with Gasteiger partial charge in [0.1, 0.15) is 0 Å². The van der Waals surface area contributed by atoms with E-state index in [0.717, 1.165) is 49.5 Å². The quantitative estimate of drug-likeness (QED) is 0.382. The van der Waals surface area contributed by atoms with Gasteiger partial charge in [-0.2, -0.15) is 0 Å². The standard InChI is InChI=1S/C27H29N3/c1-4-10-22(11-5-1)19-28-25-16-26(29-20-23-12-6-2-7-13-23)18-27(17-25)30-21-24-14-8-3-9-15-24/h1-2,4-8,10-18,28-30H,3,9,19-21H2. The number of anilines is 3. The van der Waals surface area contributed by atoms with Crippen LogP contribution in [0.15, 0.2) is 103 Å². The highest BCUT2D eigenvalue weighted by Crippen LogP contribution is 2.24. The molecule has 0 saturated heterocycles. The summed E-state index contributed by atoms with van der Waals surface area (Å²) in [6.45, 7) is 2.45. The third-order valence-electron chi connectivity index (χ3n) is 5.18. The second-order valence-corrected chi connectivity index (χ2v) is 7.59. The van der Waals surface area contributed by atoms with E-state index in [1.807, 2.05) is 12.1 Å². The number of benzene rings is 3. The van der Waals surface area contributed by atoms with Gasteiger partial charge in [-0.25, -0.2) is 0 Å².